The number of carbonyl (C=O) groups excluding carboxylic acids is 2. The number of amides is 2. The predicted molar refractivity (Wildman–Crippen MR) is 127 cm³/mol. The molecule has 0 atom stereocenters. The van der Waals surface area contributed by atoms with Crippen molar-refractivity contribution in [1.29, 1.82) is 0 Å². The molecular formula is C25H31N3O4S. The molecule has 8 heteroatoms. The van der Waals surface area contributed by atoms with Gasteiger partial charge in [-0.05, 0) is 87.6 Å². The number of aryl methyl sites for hydroxylation is 2. The Bertz CT molecular complexity index is 1160. The molecule has 2 amide bonds. The number of nitrogens with zero attached hydrogens (tertiary/aromatic N) is 2. The smallest absolute Gasteiger partial charge is 0.253 e. The number of nitrogens with one attached hydrogen (secondary N) is 1. The maximum absolute atomic E-state index is 13.1. The average Bonchev–Trinajstić information content (AvgIpc) is 3.26. The molecule has 1 N–H and O–H groups in total. The van der Waals surface area contributed by atoms with Crippen molar-refractivity contribution >= 4 is 21.8 Å². The van der Waals surface area contributed by atoms with Crippen LogP contribution < -0.4 is 5.32 Å². The largest absolute Gasteiger partial charge is 0.347 e. The summed E-state index contributed by atoms with van der Waals surface area (Å²) in [5.74, 6) is -0.348. The van der Waals surface area contributed by atoms with Gasteiger partial charge in [0.05, 0.1) is 4.90 Å². The molecule has 0 bridgehead atoms. The van der Waals surface area contributed by atoms with Gasteiger partial charge in [0.25, 0.3) is 11.8 Å². The van der Waals surface area contributed by atoms with Crippen LogP contribution in [0.5, 0.6) is 0 Å². The Kier molecular flexibility index (Phi) is 6.33. The molecule has 1 saturated heterocycles. The normalized spacial score (nSPS) is 17.0. The van der Waals surface area contributed by atoms with E-state index in [1.807, 2.05) is 32.9 Å². The standard InChI is InChI=1S/C25H31N3O4S/c1-25(2,3)26-23(29)19-7-9-20(10-8-19)24(30)27-13-15-28(16-14-27)33(31,32)22-12-11-18-5-4-6-21(18)17-22/h7-12,17H,4-6,13-16H2,1-3H3,(H,26,29). The first-order valence-electron chi connectivity index (χ1n) is 11.4. The summed E-state index contributed by atoms with van der Waals surface area (Å²) in [6.07, 6.45) is 3.01. The van der Waals surface area contributed by atoms with Crippen molar-refractivity contribution in [3.8, 4) is 0 Å². The quantitative estimate of drug-likeness (QED) is 0.746. The van der Waals surface area contributed by atoms with E-state index in [2.05, 4.69) is 5.32 Å². The van der Waals surface area contributed by atoms with Gasteiger partial charge in [-0.25, -0.2) is 8.42 Å². The monoisotopic (exact) mass is 469 g/mol. The Hall–Kier alpha value is -2.71. The lowest BCUT2D eigenvalue weighted by Gasteiger charge is -2.34. The number of benzene rings is 2. The van der Waals surface area contributed by atoms with Crippen molar-refractivity contribution in [1.82, 2.24) is 14.5 Å². The van der Waals surface area contributed by atoms with E-state index in [0.29, 0.717) is 29.1 Å². The van der Waals surface area contributed by atoms with Crippen LogP contribution in [0.2, 0.25) is 0 Å². The van der Waals surface area contributed by atoms with E-state index in [1.54, 1.807) is 35.2 Å². The van der Waals surface area contributed by atoms with Crippen LogP contribution in [0.3, 0.4) is 0 Å². The minimum atomic E-state index is -3.58. The van der Waals surface area contributed by atoms with Gasteiger partial charge in [-0.15, -0.1) is 0 Å². The molecule has 4 rings (SSSR count). The van der Waals surface area contributed by atoms with Crippen molar-refractivity contribution in [2.45, 2.75) is 50.5 Å². The molecule has 0 aromatic heterocycles. The molecule has 2 aromatic carbocycles. The van der Waals surface area contributed by atoms with E-state index in [4.69, 9.17) is 0 Å². The molecule has 1 aliphatic heterocycles. The van der Waals surface area contributed by atoms with Gasteiger partial charge in [0, 0.05) is 42.8 Å². The van der Waals surface area contributed by atoms with E-state index in [1.165, 1.54) is 9.87 Å². The lowest BCUT2D eigenvalue weighted by Crippen LogP contribution is -2.50. The highest BCUT2D eigenvalue weighted by Crippen LogP contribution is 2.27. The first kappa shape index (κ1) is 23.4. The summed E-state index contributed by atoms with van der Waals surface area (Å²) >= 11 is 0. The zero-order valence-electron chi connectivity index (χ0n) is 19.4. The fourth-order valence-corrected chi connectivity index (χ4v) is 5.82. The van der Waals surface area contributed by atoms with Gasteiger partial charge < -0.3 is 10.2 Å². The molecule has 1 aliphatic carbocycles. The number of piperazine rings is 1. The maximum atomic E-state index is 13.1. The molecule has 0 radical (unpaired) electrons. The third kappa shape index (κ3) is 5.12. The minimum absolute atomic E-state index is 0.160. The molecule has 0 saturated carbocycles. The van der Waals surface area contributed by atoms with Gasteiger partial charge in [0.1, 0.15) is 0 Å². The van der Waals surface area contributed by atoms with Crippen LogP contribution in [0.15, 0.2) is 47.4 Å². The third-order valence-corrected chi connectivity index (χ3v) is 8.01. The summed E-state index contributed by atoms with van der Waals surface area (Å²) in [5, 5.41) is 2.90. The number of rotatable bonds is 4. The Labute approximate surface area is 195 Å². The van der Waals surface area contributed by atoms with Crippen LogP contribution in [0.1, 0.15) is 59.0 Å². The number of carbonyl (C=O) groups is 2. The van der Waals surface area contributed by atoms with E-state index < -0.39 is 10.0 Å². The minimum Gasteiger partial charge on any atom is -0.347 e. The first-order valence-corrected chi connectivity index (χ1v) is 12.8. The summed E-state index contributed by atoms with van der Waals surface area (Å²) in [4.78, 5) is 27.2. The summed E-state index contributed by atoms with van der Waals surface area (Å²) < 4.78 is 27.7. The zero-order chi connectivity index (χ0) is 23.8. The van der Waals surface area contributed by atoms with Crippen LogP contribution in [-0.2, 0) is 22.9 Å². The topological polar surface area (TPSA) is 86.8 Å². The van der Waals surface area contributed by atoms with Crippen molar-refractivity contribution in [2.24, 2.45) is 0 Å². The van der Waals surface area contributed by atoms with Crippen LogP contribution in [0.25, 0.3) is 0 Å². The van der Waals surface area contributed by atoms with E-state index in [9.17, 15) is 18.0 Å². The molecule has 33 heavy (non-hydrogen) atoms. The van der Waals surface area contributed by atoms with Crippen molar-refractivity contribution in [3.05, 3.63) is 64.7 Å². The summed E-state index contributed by atoms with van der Waals surface area (Å²) in [6.45, 7) is 6.91. The zero-order valence-corrected chi connectivity index (χ0v) is 20.2. The number of hydrogen-bond acceptors (Lipinski definition) is 4. The van der Waals surface area contributed by atoms with Gasteiger partial charge >= 0.3 is 0 Å². The van der Waals surface area contributed by atoms with Gasteiger partial charge in [0.15, 0.2) is 0 Å². The van der Waals surface area contributed by atoms with Crippen LogP contribution in [-0.4, -0.2) is 61.2 Å². The first-order chi connectivity index (χ1) is 15.5. The lowest BCUT2D eigenvalue weighted by atomic mass is 10.1. The molecular weight excluding hydrogens is 438 g/mol. The highest BCUT2D eigenvalue weighted by atomic mass is 32.2. The molecule has 176 valence electrons. The number of sulfonamides is 1. The highest BCUT2D eigenvalue weighted by molar-refractivity contribution is 7.89. The molecule has 1 heterocycles. The second-order valence-corrected chi connectivity index (χ2v) is 11.7. The number of hydrogen-bond donors (Lipinski definition) is 1. The second kappa shape index (κ2) is 8.91. The summed E-state index contributed by atoms with van der Waals surface area (Å²) in [6, 6.07) is 12.0. The predicted octanol–water partition coefficient (Wildman–Crippen LogP) is 2.85. The van der Waals surface area contributed by atoms with Crippen molar-refractivity contribution in [2.75, 3.05) is 26.2 Å². The Morgan fingerprint density at radius 3 is 2.09 bits per heavy atom. The Balaban J connectivity index is 1.38. The van der Waals surface area contributed by atoms with Gasteiger partial charge in [-0.1, -0.05) is 6.07 Å². The summed E-state index contributed by atoms with van der Waals surface area (Å²) in [7, 11) is -3.58. The fraction of sp³-hybridized carbons (Fsp3) is 0.440. The second-order valence-electron chi connectivity index (χ2n) is 9.76. The molecule has 2 aliphatic rings. The van der Waals surface area contributed by atoms with Gasteiger partial charge in [-0.3, -0.25) is 9.59 Å². The lowest BCUT2D eigenvalue weighted by molar-refractivity contribution is 0.0697. The van der Waals surface area contributed by atoms with Crippen LogP contribution in [0.4, 0.5) is 0 Å². The van der Waals surface area contributed by atoms with E-state index in [0.717, 1.165) is 24.8 Å². The molecule has 7 nitrogen and oxygen atoms in total. The molecule has 0 spiro atoms. The third-order valence-electron chi connectivity index (χ3n) is 6.12. The van der Waals surface area contributed by atoms with Crippen molar-refractivity contribution in [3.63, 3.8) is 0 Å². The molecule has 1 fully saturated rings. The maximum Gasteiger partial charge on any atom is 0.253 e. The van der Waals surface area contributed by atoms with Gasteiger partial charge in [0.2, 0.25) is 10.0 Å². The van der Waals surface area contributed by atoms with Crippen molar-refractivity contribution < 1.29 is 18.0 Å². The fourth-order valence-electron chi connectivity index (χ4n) is 4.35. The molecule has 0 unspecified atom stereocenters. The number of fused-ring (bicyclic) bond motifs is 1. The van der Waals surface area contributed by atoms with E-state index in [-0.39, 0.29) is 30.4 Å². The SMILES string of the molecule is CC(C)(C)NC(=O)c1ccc(C(=O)N2CCN(S(=O)(=O)c3ccc4c(c3)CCC4)CC2)cc1. The van der Waals surface area contributed by atoms with Crippen LogP contribution in [0, 0.1) is 0 Å². The summed E-state index contributed by atoms with van der Waals surface area (Å²) in [5.41, 5.74) is 3.01. The molecule has 2 aromatic rings. The van der Waals surface area contributed by atoms with Crippen LogP contribution >= 0.6 is 0 Å². The van der Waals surface area contributed by atoms with Gasteiger partial charge in [-0.2, -0.15) is 4.31 Å². The van der Waals surface area contributed by atoms with E-state index >= 15 is 0 Å². The Morgan fingerprint density at radius 1 is 0.848 bits per heavy atom. The average molecular weight is 470 g/mol. The highest BCUT2D eigenvalue weighted by Gasteiger charge is 2.31. The Morgan fingerprint density at radius 2 is 1.45 bits per heavy atom.